The van der Waals surface area contributed by atoms with Crippen molar-refractivity contribution >= 4 is 17.5 Å². The molecule has 2 aromatic rings. The van der Waals surface area contributed by atoms with E-state index in [1.807, 2.05) is 0 Å². The number of rotatable bonds is 2. The third-order valence-corrected chi connectivity index (χ3v) is 3.46. The van der Waals surface area contributed by atoms with Crippen LogP contribution in [0.5, 0.6) is 0 Å². The van der Waals surface area contributed by atoms with Gasteiger partial charge in [-0.25, -0.2) is 4.98 Å². The van der Waals surface area contributed by atoms with Gasteiger partial charge in [0.15, 0.2) is 0 Å². The summed E-state index contributed by atoms with van der Waals surface area (Å²) in [5.41, 5.74) is 0. The lowest BCUT2D eigenvalue weighted by atomic mass is 10.2. The molecule has 3 heterocycles. The average molecular weight is 295 g/mol. The van der Waals surface area contributed by atoms with Gasteiger partial charge in [0, 0.05) is 25.7 Å². The van der Waals surface area contributed by atoms with Crippen LogP contribution < -0.4 is 4.90 Å². The lowest BCUT2D eigenvalue weighted by Crippen LogP contribution is -2.51. The number of hydrogen-bond acceptors (Lipinski definition) is 7. The van der Waals surface area contributed by atoms with Gasteiger partial charge >= 0.3 is 0 Å². The smallest absolute Gasteiger partial charge is 0.258 e. The Hall–Kier alpha value is -1.80. The van der Waals surface area contributed by atoms with Gasteiger partial charge in [0.1, 0.15) is 12.7 Å². The van der Waals surface area contributed by atoms with Gasteiger partial charge < -0.3 is 9.80 Å². The summed E-state index contributed by atoms with van der Waals surface area (Å²) in [6.07, 6.45) is 2.96. The summed E-state index contributed by atoms with van der Waals surface area (Å²) in [7, 11) is 2.11. The predicted octanol–water partition coefficient (Wildman–Crippen LogP) is 0.246. The van der Waals surface area contributed by atoms with Crippen LogP contribution in [0, 0.1) is 0 Å². The van der Waals surface area contributed by atoms with Crippen molar-refractivity contribution in [3.8, 4) is 5.95 Å². The quantitative estimate of drug-likeness (QED) is 0.785. The molecule has 1 saturated heterocycles. The van der Waals surface area contributed by atoms with Crippen LogP contribution in [0.15, 0.2) is 12.7 Å². The molecular weight excluding hydrogens is 280 g/mol. The van der Waals surface area contributed by atoms with Gasteiger partial charge in [0.2, 0.25) is 11.2 Å². The van der Waals surface area contributed by atoms with E-state index >= 15 is 0 Å². The van der Waals surface area contributed by atoms with Gasteiger partial charge in [-0.1, -0.05) is 0 Å². The standard InChI is InChI=1S/C11H15ClN8/c1-8-5-18(2)3-4-19(8)10-15-9(12)16-11(17-10)20-7-13-6-14-20/h6-8H,3-5H2,1-2H3. The molecule has 1 atom stereocenters. The van der Waals surface area contributed by atoms with Crippen molar-refractivity contribution in [2.24, 2.45) is 0 Å². The number of nitrogens with zero attached hydrogens (tertiary/aromatic N) is 8. The average Bonchev–Trinajstić information content (AvgIpc) is 2.91. The Bertz CT molecular complexity index is 586. The summed E-state index contributed by atoms with van der Waals surface area (Å²) in [4.78, 5) is 21.0. The zero-order valence-electron chi connectivity index (χ0n) is 11.3. The number of aromatic nitrogens is 6. The number of piperazine rings is 1. The summed E-state index contributed by atoms with van der Waals surface area (Å²) in [5.74, 6) is 0.958. The van der Waals surface area contributed by atoms with Gasteiger partial charge in [0.05, 0.1) is 0 Å². The first-order valence-electron chi connectivity index (χ1n) is 6.35. The maximum absolute atomic E-state index is 6.00. The van der Waals surface area contributed by atoms with Crippen LogP contribution in [-0.4, -0.2) is 67.3 Å². The van der Waals surface area contributed by atoms with E-state index in [9.17, 15) is 0 Å². The van der Waals surface area contributed by atoms with E-state index in [1.54, 1.807) is 0 Å². The Kier molecular flexibility index (Phi) is 3.49. The van der Waals surface area contributed by atoms with Gasteiger partial charge in [-0.2, -0.15) is 24.7 Å². The van der Waals surface area contributed by atoms with Gasteiger partial charge in [-0.15, -0.1) is 0 Å². The van der Waals surface area contributed by atoms with Crippen LogP contribution >= 0.6 is 11.6 Å². The molecule has 0 N–H and O–H groups in total. The largest absolute Gasteiger partial charge is 0.335 e. The second-order valence-corrected chi connectivity index (χ2v) is 5.19. The molecule has 106 valence electrons. The maximum atomic E-state index is 6.00. The number of hydrogen-bond donors (Lipinski definition) is 0. The fourth-order valence-electron chi connectivity index (χ4n) is 2.31. The highest BCUT2D eigenvalue weighted by molar-refractivity contribution is 6.28. The van der Waals surface area contributed by atoms with Crippen LogP contribution in [0.1, 0.15) is 6.92 Å². The fraction of sp³-hybridized carbons (Fsp3) is 0.545. The SMILES string of the molecule is CC1CN(C)CCN1c1nc(Cl)nc(-n2cncn2)n1. The van der Waals surface area contributed by atoms with Crippen molar-refractivity contribution in [3.05, 3.63) is 17.9 Å². The van der Waals surface area contributed by atoms with Crippen molar-refractivity contribution in [1.82, 2.24) is 34.6 Å². The molecule has 9 heteroatoms. The minimum Gasteiger partial charge on any atom is -0.335 e. The third kappa shape index (κ3) is 2.56. The molecule has 0 aliphatic carbocycles. The van der Waals surface area contributed by atoms with Crippen molar-refractivity contribution < 1.29 is 0 Å². The Labute approximate surface area is 121 Å². The molecule has 0 bridgehead atoms. The summed E-state index contributed by atoms with van der Waals surface area (Å²) in [6, 6.07) is 0.316. The van der Waals surface area contributed by atoms with Crippen LogP contribution in [0.2, 0.25) is 5.28 Å². The molecule has 1 aliphatic heterocycles. The molecule has 0 radical (unpaired) electrons. The molecule has 2 aromatic heterocycles. The van der Waals surface area contributed by atoms with Crippen molar-refractivity contribution in [1.29, 1.82) is 0 Å². The Morgan fingerprint density at radius 2 is 2.00 bits per heavy atom. The van der Waals surface area contributed by atoms with Gasteiger partial charge in [-0.05, 0) is 25.6 Å². The first-order valence-corrected chi connectivity index (χ1v) is 6.73. The van der Waals surface area contributed by atoms with Crippen LogP contribution in [0.3, 0.4) is 0 Å². The van der Waals surface area contributed by atoms with Crippen LogP contribution in [0.25, 0.3) is 5.95 Å². The molecule has 1 fully saturated rings. The van der Waals surface area contributed by atoms with Crippen molar-refractivity contribution in [3.63, 3.8) is 0 Å². The minimum absolute atomic E-state index is 0.159. The highest BCUT2D eigenvalue weighted by Gasteiger charge is 2.24. The van der Waals surface area contributed by atoms with E-state index < -0.39 is 0 Å². The Balaban J connectivity index is 1.94. The molecule has 20 heavy (non-hydrogen) atoms. The zero-order valence-corrected chi connectivity index (χ0v) is 12.1. The lowest BCUT2D eigenvalue weighted by Gasteiger charge is -2.38. The first kappa shape index (κ1) is 13.2. The predicted molar refractivity (Wildman–Crippen MR) is 74.1 cm³/mol. The molecule has 0 saturated carbocycles. The van der Waals surface area contributed by atoms with E-state index in [0.717, 1.165) is 19.6 Å². The third-order valence-electron chi connectivity index (χ3n) is 3.30. The molecule has 1 unspecified atom stereocenters. The van der Waals surface area contributed by atoms with Crippen molar-refractivity contribution in [2.75, 3.05) is 31.6 Å². The first-order chi connectivity index (χ1) is 9.63. The topological polar surface area (TPSA) is 75.9 Å². The molecule has 0 amide bonds. The van der Waals surface area contributed by atoms with E-state index in [-0.39, 0.29) is 5.28 Å². The van der Waals surface area contributed by atoms with Gasteiger partial charge in [-0.3, -0.25) is 0 Å². The minimum atomic E-state index is 0.159. The summed E-state index contributed by atoms with van der Waals surface area (Å²) < 4.78 is 1.47. The second-order valence-electron chi connectivity index (χ2n) is 4.85. The molecule has 3 rings (SSSR count). The van der Waals surface area contributed by atoms with Crippen LogP contribution in [-0.2, 0) is 0 Å². The second kappa shape index (κ2) is 5.29. The molecule has 0 aromatic carbocycles. The van der Waals surface area contributed by atoms with E-state index in [2.05, 4.69) is 48.8 Å². The number of halogens is 1. The molecular formula is C11H15ClN8. The van der Waals surface area contributed by atoms with Crippen LogP contribution in [0.4, 0.5) is 5.95 Å². The van der Waals surface area contributed by atoms with Gasteiger partial charge in [0.25, 0.3) is 5.95 Å². The monoisotopic (exact) mass is 294 g/mol. The Morgan fingerprint density at radius 1 is 1.20 bits per heavy atom. The number of anilines is 1. The van der Waals surface area contributed by atoms with E-state index in [0.29, 0.717) is 17.9 Å². The molecule has 1 aliphatic rings. The summed E-state index contributed by atoms with van der Waals surface area (Å²) in [5, 5.41) is 4.17. The summed E-state index contributed by atoms with van der Waals surface area (Å²) in [6.45, 7) is 4.92. The van der Waals surface area contributed by atoms with E-state index in [4.69, 9.17) is 11.6 Å². The highest BCUT2D eigenvalue weighted by Crippen LogP contribution is 2.18. The molecule has 0 spiro atoms. The lowest BCUT2D eigenvalue weighted by molar-refractivity contribution is 0.273. The Morgan fingerprint density at radius 3 is 2.70 bits per heavy atom. The summed E-state index contributed by atoms with van der Waals surface area (Å²) >= 11 is 6.00. The zero-order chi connectivity index (χ0) is 14.1. The molecule has 8 nitrogen and oxygen atoms in total. The van der Waals surface area contributed by atoms with Crippen molar-refractivity contribution in [2.45, 2.75) is 13.0 Å². The van der Waals surface area contributed by atoms with E-state index in [1.165, 1.54) is 17.3 Å². The maximum Gasteiger partial charge on any atom is 0.258 e. The highest BCUT2D eigenvalue weighted by atomic mass is 35.5. The fourth-order valence-corrected chi connectivity index (χ4v) is 2.46. The number of likely N-dealkylation sites (N-methyl/N-ethyl adjacent to an activating group) is 1. The normalized spacial score (nSPS) is 20.4.